The van der Waals surface area contributed by atoms with E-state index < -0.39 is 0 Å². The fourth-order valence-electron chi connectivity index (χ4n) is 0.118. The van der Waals surface area contributed by atoms with Crippen molar-refractivity contribution in [1.29, 1.82) is 0 Å². The topological polar surface area (TPSA) is 0 Å². The summed E-state index contributed by atoms with van der Waals surface area (Å²) >= 11 is 0. The number of hydrogen-bond donors (Lipinski definition) is 0. The van der Waals surface area contributed by atoms with Gasteiger partial charge >= 0.3 is 0 Å². The number of rotatable bonds is 2. The lowest BCUT2D eigenvalue weighted by Gasteiger charge is -1.82. The summed E-state index contributed by atoms with van der Waals surface area (Å²) in [5, 5.41) is 0. The lowest BCUT2D eigenvalue weighted by molar-refractivity contribution is 1.16. The molecule has 0 heterocycles. The van der Waals surface area contributed by atoms with Gasteiger partial charge in [0.15, 0.2) is 0 Å². The highest BCUT2D eigenvalue weighted by Crippen LogP contribution is 1.92. The second-order valence-corrected chi connectivity index (χ2v) is 1.10. The summed E-state index contributed by atoms with van der Waals surface area (Å²) in [7, 11) is 0. The standard InChI is InChI=1S/C6H8/c1-4-6(3)5-2/h1,3-4H,5H2,2H3. The zero-order valence-corrected chi connectivity index (χ0v) is 3.94. The summed E-state index contributed by atoms with van der Waals surface area (Å²) < 4.78 is 0. The largest absolute Gasteiger partial charge is 0.0620 e. The van der Waals surface area contributed by atoms with Crippen LogP contribution in [0.25, 0.3) is 0 Å². The second-order valence-electron chi connectivity index (χ2n) is 1.10. The van der Waals surface area contributed by atoms with Gasteiger partial charge in [-0.25, -0.2) is 0 Å². The molecule has 0 fully saturated rings. The van der Waals surface area contributed by atoms with Crippen LogP contribution in [-0.2, 0) is 0 Å². The molecule has 0 saturated heterocycles. The Bertz CT molecular complexity index is 60.4. The lowest BCUT2D eigenvalue weighted by atomic mass is 10.2. The average molecular weight is 80.1 g/mol. The Hall–Kier alpha value is -0.520. The van der Waals surface area contributed by atoms with Crippen molar-refractivity contribution in [1.82, 2.24) is 0 Å². The molecule has 2 radical (unpaired) electrons. The Labute approximate surface area is 39.2 Å². The third-order valence-electron chi connectivity index (χ3n) is 0.622. The van der Waals surface area contributed by atoms with E-state index in [1.165, 1.54) is 6.08 Å². The summed E-state index contributed by atoms with van der Waals surface area (Å²) in [4.78, 5) is 0. The summed E-state index contributed by atoms with van der Waals surface area (Å²) in [5.41, 5.74) is 0.745. The summed E-state index contributed by atoms with van der Waals surface area (Å²) in [5.74, 6) is 0. The maximum atomic E-state index is 5.21. The maximum absolute atomic E-state index is 5.21. The Morgan fingerprint density at radius 1 is 1.83 bits per heavy atom. The fraction of sp³-hybridized carbons (Fsp3) is 0.333. The predicted molar refractivity (Wildman–Crippen MR) is 27.0 cm³/mol. The highest BCUT2D eigenvalue weighted by atomic mass is 13.8. The third kappa shape index (κ3) is 1.77. The Morgan fingerprint density at radius 3 is 2.33 bits per heavy atom. The van der Waals surface area contributed by atoms with Crippen LogP contribution < -0.4 is 0 Å². The Kier molecular flexibility index (Phi) is 2.47. The molecular weight excluding hydrogens is 72.1 g/mol. The molecule has 0 nitrogen and oxygen atoms in total. The van der Waals surface area contributed by atoms with E-state index in [1.807, 2.05) is 6.92 Å². The summed E-state index contributed by atoms with van der Waals surface area (Å²) in [6.07, 6.45) is 2.26. The van der Waals surface area contributed by atoms with Gasteiger partial charge in [0.1, 0.15) is 0 Å². The van der Waals surface area contributed by atoms with Gasteiger partial charge in [-0.2, -0.15) is 0 Å². The van der Waals surface area contributed by atoms with Crippen LogP contribution in [0.1, 0.15) is 13.3 Å². The molecule has 0 unspecified atom stereocenters. The first-order chi connectivity index (χ1) is 2.81. The second kappa shape index (κ2) is 2.70. The zero-order chi connectivity index (χ0) is 4.99. The minimum atomic E-state index is 0.745. The van der Waals surface area contributed by atoms with Crippen molar-refractivity contribution in [2.24, 2.45) is 0 Å². The molecule has 0 aromatic carbocycles. The van der Waals surface area contributed by atoms with E-state index in [4.69, 9.17) is 13.2 Å². The molecule has 0 aliphatic rings. The monoisotopic (exact) mass is 80.1 g/mol. The van der Waals surface area contributed by atoms with Gasteiger partial charge in [0, 0.05) is 0 Å². The van der Waals surface area contributed by atoms with Gasteiger partial charge in [0.25, 0.3) is 0 Å². The Balaban J connectivity index is 3.23. The summed E-state index contributed by atoms with van der Waals surface area (Å²) in [6.45, 7) is 12.2. The van der Waals surface area contributed by atoms with Crippen molar-refractivity contribution in [3.63, 3.8) is 0 Å². The van der Waals surface area contributed by atoms with E-state index in [9.17, 15) is 0 Å². The van der Waals surface area contributed by atoms with Gasteiger partial charge in [0.2, 0.25) is 0 Å². The molecule has 0 aromatic heterocycles. The van der Waals surface area contributed by atoms with E-state index in [0.29, 0.717) is 0 Å². The van der Waals surface area contributed by atoms with Crippen LogP contribution >= 0.6 is 0 Å². The quantitative estimate of drug-likeness (QED) is 0.443. The van der Waals surface area contributed by atoms with E-state index in [-0.39, 0.29) is 0 Å². The van der Waals surface area contributed by atoms with Crippen LogP contribution in [0.4, 0.5) is 0 Å². The van der Waals surface area contributed by atoms with Crippen molar-refractivity contribution in [2.45, 2.75) is 13.3 Å². The van der Waals surface area contributed by atoms with E-state index >= 15 is 0 Å². The highest BCUT2D eigenvalue weighted by Gasteiger charge is 1.73. The van der Waals surface area contributed by atoms with Crippen LogP contribution in [0, 0.1) is 13.2 Å². The molecule has 0 aliphatic carbocycles. The van der Waals surface area contributed by atoms with Gasteiger partial charge in [-0.15, -0.1) is 0 Å². The number of allylic oxidation sites excluding steroid dienone is 2. The van der Waals surface area contributed by atoms with Crippen molar-refractivity contribution in [3.05, 3.63) is 24.8 Å². The van der Waals surface area contributed by atoms with Crippen LogP contribution in [0.5, 0.6) is 0 Å². The van der Waals surface area contributed by atoms with Crippen molar-refractivity contribution in [3.8, 4) is 0 Å². The molecule has 0 aromatic rings. The van der Waals surface area contributed by atoms with Crippen molar-refractivity contribution < 1.29 is 0 Å². The minimum absolute atomic E-state index is 0.745. The average Bonchev–Trinajstić information content (AvgIpc) is 1.65. The van der Waals surface area contributed by atoms with Gasteiger partial charge in [-0.1, -0.05) is 26.2 Å². The zero-order valence-electron chi connectivity index (χ0n) is 3.94. The molecular formula is C6H8. The van der Waals surface area contributed by atoms with Crippen LogP contribution in [0.2, 0.25) is 0 Å². The maximum Gasteiger partial charge on any atom is -0.0307 e. The van der Waals surface area contributed by atoms with E-state index in [2.05, 4.69) is 0 Å². The van der Waals surface area contributed by atoms with Gasteiger partial charge < -0.3 is 0 Å². The SMILES string of the molecule is [CH]=CC(=[CH])CC. The van der Waals surface area contributed by atoms with E-state index in [0.717, 1.165) is 12.0 Å². The molecule has 0 spiro atoms. The van der Waals surface area contributed by atoms with Crippen molar-refractivity contribution >= 4 is 0 Å². The molecule has 0 heteroatoms. The molecule has 32 valence electrons. The van der Waals surface area contributed by atoms with Crippen LogP contribution in [-0.4, -0.2) is 0 Å². The number of hydrogen-bond acceptors (Lipinski definition) is 0. The lowest BCUT2D eigenvalue weighted by Crippen LogP contribution is -1.63. The molecule has 6 heavy (non-hydrogen) atoms. The normalized spacial score (nSPS) is 7.50. The first-order valence-electron chi connectivity index (χ1n) is 1.97. The predicted octanol–water partition coefficient (Wildman–Crippen LogP) is 1.74. The van der Waals surface area contributed by atoms with Crippen LogP contribution in [0.3, 0.4) is 0 Å². The van der Waals surface area contributed by atoms with Gasteiger partial charge in [0.05, 0.1) is 0 Å². The minimum Gasteiger partial charge on any atom is -0.0620 e. The van der Waals surface area contributed by atoms with Crippen molar-refractivity contribution in [2.75, 3.05) is 0 Å². The van der Waals surface area contributed by atoms with Gasteiger partial charge in [-0.05, 0) is 12.0 Å². The molecule has 0 bridgehead atoms. The third-order valence-corrected chi connectivity index (χ3v) is 0.622. The van der Waals surface area contributed by atoms with Gasteiger partial charge in [-0.3, -0.25) is 0 Å². The Morgan fingerprint density at radius 2 is 2.33 bits per heavy atom. The van der Waals surface area contributed by atoms with Crippen LogP contribution in [0.15, 0.2) is 11.6 Å². The molecule has 0 rings (SSSR count). The molecule has 0 atom stereocenters. The summed E-state index contributed by atoms with van der Waals surface area (Å²) in [6, 6.07) is 0. The first kappa shape index (κ1) is 5.48. The highest BCUT2D eigenvalue weighted by molar-refractivity contribution is 5.05. The molecule has 0 saturated carbocycles. The molecule has 0 amide bonds. The fourth-order valence-corrected chi connectivity index (χ4v) is 0.118. The first-order valence-corrected chi connectivity index (χ1v) is 1.97. The van der Waals surface area contributed by atoms with E-state index in [1.54, 1.807) is 0 Å². The smallest absolute Gasteiger partial charge is 0.0307 e. The molecule has 0 N–H and O–H groups in total. The molecule has 0 aliphatic heterocycles.